The fraction of sp³-hybridized carbons (Fsp3) is 0.148. The standard InChI is InChI=1S/C27H23NO/c1-27(2,3)20-14-15-28-24(17-20)19-12-13-22-23-11-7-10-21(18-8-5-4-6-9-18)26(23)29-25(22)16-19/h4-17H,1-3H3. The van der Waals surface area contributed by atoms with Gasteiger partial charge < -0.3 is 4.42 Å². The molecule has 0 radical (unpaired) electrons. The van der Waals surface area contributed by atoms with Crippen molar-refractivity contribution >= 4 is 21.9 Å². The highest BCUT2D eigenvalue weighted by molar-refractivity contribution is 6.10. The number of fused-ring (bicyclic) bond motifs is 3. The molecule has 29 heavy (non-hydrogen) atoms. The molecular formula is C27H23NO. The predicted octanol–water partition coefficient (Wildman–Crippen LogP) is 7.61. The van der Waals surface area contributed by atoms with Crippen LogP contribution in [-0.2, 0) is 5.41 Å². The number of para-hydroxylation sites is 1. The van der Waals surface area contributed by atoms with Crippen LogP contribution in [0.1, 0.15) is 26.3 Å². The van der Waals surface area contributed by atoms with Gasteiger partial charge in [0.1, 0.15) is 11.2 Å². The molecule has 0 bridgehead atoms. The molecule has 2 heteroatoms. The van der Waals surface area contributed by atoms with E-state index in [-0.39, 0.29) is 5.41 Å². The van der Waals surface area contributed by atoms with Crippen LogP contribution in [-0.4, -0.2) is 4.98 Å². The Balaban J connectivity index is 1.68. The highest BCUT2D eigenvalue weighted by atomic mass is 16.3. The summed E-state index contributed by atoms with van der Waals surface area (Å²) in [7, 11) is 0. The van der Waals surface area contributed by atoms with E-state index in [9.17, 15) is 0 Å². The van der Waals surface area contributed by atoms with Crippen molar-refractivity contribution in [1.82, 2.24) is 4.98 Å². The first-order valence-corrected chi connectivity index (χ1v) is 9.98. The van der Waals surface area contributed by atoms with Gasteiger partial charge in [-0.05, 0) is 40.8 Å². The van der Waals surface area contributed by atoms with Crippen LogP contribution in [0.15, 0.2) is 89.5 Å². The van der Waals surface area contributed by atoms with Crippen LogP contribution in [0.2, 0.25) is 0 Å². The molecule has 0 saturated carbocycles. The summed E-state index contributed by atoms with van der Waals surface area (Å²) in [5.41, 5.74) is 7.52. The maximum atomic E-state index is 6.37. The van der Waals surface area contributed by atoms with Crippen molar-refractivity contribution in [2.24, 2.45) is 0 Å². The Morgan fingerprint density at radius 2 is 1.55 bits per heavy atom. The Bertz CT molecular complexity index is 1320. The minimum Gasteiger partial charge on any atom is -0.455 e. The summed E-state index contributed by atoms with van der Waals surface area (Å²) in [6.45, 7) is 6.67. The molecular weight excluding hydrogens is 354 g/mol. The van der Waals surface area contributed by atoms with Crippen molar-refractivity contribution in [3.8, 4) is 22.4 Å². The van der Waals surface area contributed by atoms with Gasteiger partial charge in [0, 0.05) is 28.1 Å². The Labute approximate surface area is 170 Å². The van der Waals surface area contributed by atoms with Crippen LogP contribution >= 0.6 is 0 Å². The van der Waals surface area contributed by atoms with Crippen molar-refractivity contribution in [3.63, 3.8) is 0 Å². The van der Waals surface area contributed by atoms with E-state index in [2.05, 4.69) is 98.6 Å². The Hall–Kier alpha value is -3.39. The average Bonchev–Trinajstić information content (AvgIpc) is 3.12. The van der Waals surface area contributed by atoms with Gasteiger partial charge in [-0.2, -0.15) is 0 Å². The van der Waals surface area contributed by atoms with E-state index in [1.54, 1.807) is 0 Å². The molecule has 142 valence electrons. The van der Waals surface area contributed by atoms with E-state index < -0.39 is 0 Å². The van der Waals surface area contributed by atoms with E-state index in [1.807, 2.05) is 12.3 Å². The number of rotatable bonds is 2. The molecule has 0 N–H and O–H groups in total. The fourth-order valence-electron chi connectivity index (χ4n) is 3.86. The van der Waals surface area contributed by atoms with Crippen molar-refractivity contribution in [3.05, 3.63) is 90.6 Å². The zero-order valence-electron chi connectivity index (χ0n) is 16.9. The molecule has 2 aromatic heterocycles. The SMILES string of the molecule is CC(C)(C)c1ccnc(-c2ccc3c(c2)oc2c(-c4ccccc4)cccc23)c1. The van der Waals surface area contributed by atoms with E-state index in [0.29, 0.717) is 0 Å². The van der Waals surface area contributed by atoms with Crippen molar-refractivity contribution < 1.29 is 4.42 Å². The molecule has 2 heterocycles. The molecule has 5 aromatic rings. The van der Waals surface area contributed by atoms with Gasteiger partial charge in [0.2, 0.25) is 0 Å². The number of benzene rings is 3. The predicted molar refractivity (Wildman–Crippen MR) is 121 cm³/mol. The number of aromatic nitrogens is 1. The molecule has 0 aliphatic rings. The third-order valence-corrected chi connectivity index (χ3v) is 5.51. The smallest absolute Gasteiger partial charge is 0.143 e. The van der Waals surface area contributed by atoms with E-state index in [4.69, 9.17) is 4.42 Å². The maximum absolute atomic E-state index is 6.37. The number of hydrogen-bond donors (Lipinski definition) is 0. The zero-order chi connectivity index (χ0) is 20.0. The van der Waals surface area contributed by atoms with Crippen molar-refractivity contribution in [1.29, 1.82) is 0 Å². The van der Waals surface area contributed by atoms with Crippen molar-refractivity contribution in [2.75, 3.05) is 0 Å². The summed E-state index contributed by atoms with van der Waals surface area (Å²) in [6.07, 6.45) is 1.90. The lowest BCUT2D eigenvalue weighted by atomic mass is 9.87. The first-order valence-electron chi connectivity index (χ1n) is 9.98. The highest BCUT2D eigenvalue weighted by Crippen LogP contribution is 2.37. The molecule has 5 rings (SSSR count). The Morgan fingerprint density at radius 3 is 2.34 bits per heavy atom. The quantitative estimate of drug-likeness (QED) is 0.316. The second-order valence-corrected chi connectivity index (χ2v) is 8.54. The van der Waals surface area contributed by atoms with Gasteiger partial charge in [-0.1, -0.05) is 75.4 Å². The average molecular weight is 377 g/mol. The van der Waals surface area contributed by atoms with E-state index >= 15 is 0 Å². The largest absolute Gasteiger partial charge is 0.455 e. The van der Waals surface area contributed by atoms with E-state index in [0.717, 1.165) is 44.3 Å². The lowest BCUT2D eigenvalue weighted by Gasteiger charge is -2.19. The third kappa shape index (κ3) is 3.11. The number of hydrogen-bond acceptors (Lipinski definition) is 2. The molecule has 2 nitrogen and oxygen atoms in total. The maximum Gasteiger partial charge on any atom is 0.143 e. The molecule has 0 aliphatic heterocycles. The second-order valence-electron chi connectivity index (χ2n) is 8.54. The van der Waals surface area contributed by atoms with Gasteiger partial charge in [-0.25, -0.2) is 0 Å². The molecule has 0 saturated heterocycles. The number of nitrogens with zero attached hydrogens (tertiary/aromatic N) is 1. The molecule has 0 fully saturated rings. The van der Waals surface area contributed by atoms with Gasteiger partial charge in [-0.15, -0.1) is 0 Å². The molecule has 0 atom stereocenters. The fourth-order valence-corrected chi connectivity index (χ4v) is 3.86. The molecule has 0 aliphatic carbocycles. The topological polar surface area (TPSA) is 26.0 Å². The number of pyridine rings is 1. The summed E-state index contributed by atoms with van der Waals surface area (Å²) in [6, 6.07) is 27.4. The summed E-state index contributed by atoms with van der Waals surface area (Å²) in [5.74, 6) is 0. The van der Waals surface area contributed by atoms with Crippen LogP contribution < -0.4 is 0 Å². The van der Waals surface area contributed by atoms with Gasteiger partial charge >= 0.3 is 0 Å². The molecule has 0 amide bonds. The second kappa shape index (κ2) is 6.59. The minimum atomic E-state index is 0.0890. The van der Waals surface area contributed by atoms with Crippen LogP contribution in [0, 0.1) is 0 Å². The van der Waals surface area contributed by atoms with Crippen LogP contribution in [0.4, 0.5) is 0 Å². The lowest BCUT2D eigenvalue weighted by Crippen LogP contribution is -2.11. The molecule has 3 aromatic carbocycles. The highest BCUT2D eigenvalue weighted by Gasteiger charge is 2.16. The third-order valence-electron chi connectivity index (χ3n) is 5.51. The van der Waals surface area contributed by atoms with Gasteiger partial charge in [0.25, 0.3) is 0 Å². The van der Waals surface area contributed by atoms with Crippen LogP contribution in [0.5, 0.6) is 0 Å². The number of furan rings is 1. The summed E-state index contributed by atoms with van der Waals surface area (Å²) >= 11 is 0. The summed E-state index contributed by atoms with van der Waals surface area (Å²) < 4.78 is 6.37. The first-order chi connectivity index (χ1) is 14.0. The van der Waals surface area contributed by atoms with E-state index in [1.165, 1.54) is 5.56 Å². The monoisotopic (exact) mass is 377 g/mol. The van der Waals surface area contributed by atoms with Gasteiger partial charge in [0.15, 0.2) is 0 Å². The Morgan fingerprint density at radius 1 is 0.724 bits per heavy atom. The normalized spacial score (nSPS) is 12.0. The van der Waals surface area contributed by atoms with Crippen molar-refractivity contribution in [2.45, 2.75) is 26.2 Å². The van der Waals surface area contributed by atoms with Gasteiger partial charge in [-0.3, -0.25) is 4.98 Å². The summed E-state index contributed by atoms with van der Waals surface area (Å²) in [5, 5.41) is 2.28. The summed E-state index contributed by atoms with van der Waals surface area (Å²) in [4.78, 5) is 4.61. The minimum absolute atomic E-state index is 0.0890. The lowest BCUT2D eigenvalue weighted by molar-refractivity contribution is 0.589. The molecule has 0 spiro atoms. The first kappa shape index (κ1) is 17.7. The zero-order valence-corrected chi connectivity index (χ0v) is 16.9. The Kier molecular flexibility index (Phi) is 4.02. The van der Waals surface area contributed by atoms with Crippen LogP contribution in [0.25, 0.3) is 44.3 Å². The van der Waals surface area contributed by atoms with Gasteiger partial charge in [0.05, 0.1) is 5.69 Å². The van der Waals surface area contributed by atoms with Crippen LogP contribution in [0.3, 0.4) is 0 Å². The molecule has 0 unspecified atom stereocenters.